The molecule has 0 fully saturated rings. The number of amides is 1. The van der Waals surface area contributed by atoms with E-state index in [0.29, 0.717) is 0 Å². The van der Waals surface area contributed by atoms with Crippen molar-refractivity contribution in [3.8, 4) is 0 Å². The van der Waals surface area contributed by atoms with Gasteiger partial charge in [0, 0.05) is 25.3 Å². The normalized spacial score (nSPS) is 14.6. The van der Waals surface area contributed by atoms with Gasteiger partial charge in [-0.05, 0) is 61.6 Å². The summed E-state index contributed by atoms with van der Waals surface area (Å²) in [5, 5.41) is 2.86. The number of imidazole rings is 1. The first-order valence-corrected chi connectivity index (χ1v) is 11.6. The van der Waals surface area contributed by atoms with E-state index in [1.807, 2.05) is 18.5 Å². The highest BCUT2D eigenvalue weighted by molar-refractivity contribution is 7.81. The molecule has 0 unspecified atom stereocenters. The van der Waals surface area contributed by atoms with E-state index in [-0.39, 0.29) is 11.7 Å². The number of nitrogens with one attached hydrogen (secondary N) is 1. The fourth-order valence-corrected chi connectivity index (χ4v) is 4.39. The highest BCUT2D eigenvalue weighted by atomic mass is 32.1. The lowest BCUT2D eigenvalue weighted by Crippen LogP contribution is -2.29. The van der Waals surface area contributed by atoms with Crippen molar-refractivity contribution in [2.24, 2.45) is 0 Å². The topological polar surface area (TPSA) is 50.2 Å². The minimum atomic E-state index is -0.107. The molecule has 0 bridgehead atoms. The number of aromatic nitrogens is 2. The third-order valence-corrected chi connectivity index (χ3v) is 6.18. The second-order valence-corrected chi connectivity index (χ2v) is 8.47. The van der Waals surface area contributed by atoms with Crippen LogP contribution >= 0.6 is 12.6 Å². The number of rotatable bonds is 8. The molecule has 1 aromatic heterocycles. The highest BCUT2D eigenvalue weighted by Crippen LogP contribution is 2.24. The van der Waals surface area contributed by atoms with E-state index >= 15 is 0 Å². The third kappa shape index (κ3) is 5.38. The number of nitrogens with zero attached hydrogens (tertiary/aromatic N) is 3. The first-order valence-electron chi connectivity index (χ1n) is 11.0. The SMILES string of the molecule is Cc1cc(NC(=O)CS)cc2ncn(CCCCN3CC=C(c4ccccc4)CC3)c12. The summed E-state index contributed by atoms with van der Waals surface area (Å²) >= 11 is 4.02. The molecule has 5 nitrogen and oxygen atoms in total. The van der Waals surface area contributed by atoms with E-state index in [9.17, 15) is 4.79 Å². The summed E-state index contributed by atoms with van der Waals surface area (Å²) < 4.78 is 2.23. The zero-order valence-electron chi connectivity index (χ0n) is 18.1. The number of thiol groups is 1. The van der Waals surface area contributed by atoms with Crippen LogP contribution in [0, 0.1) is 6.92 Å². The second kappa shape index (κ2) is 10.2. The Bertz CT molecular complexity index is 1070. The van der Waals surface area contributed by atoms with Gasteiger partial charge in [-0.25, -0.2) is 4.98 Å². The van der Waals surface area contributed by atoms with Crippen LogP contribution in [0.5, 0.6) is 0 Å². The van der Waals surface area contributed by atoms with Crippen LogP contribution in [0.3, 0.4) is 0 Å². The lowest BCUT2D eigenvalue weighted by atomic mass is 9.99. The van der Waals surface area contributed by atoms with Crippen molar-refractivity contribution in [1.29, 1.82) is 0 Å². The number of unbranched alkanes of at least 4 members (excludes halogenated alkanes) is 1. The van der Waals surface area contributed by atoms with Crippen molar-refractivity contribution < 1.29 is 4.79 Å². The van der Waals surface area contributed by atoms with Gasteiger partial charge >= 0.3 is 0 Å². The number of benzene rings is 2. The van der Waals surface area contributed by atoms with Gasteiger partial charge in [-0.15, -0.1) is 0 Å². The Morgan fingerprint density at radius 1 is 1.16 bits per heavy atom. The molecule has 162 valence electrons. The molecular weight excluding hydrogens is 404 g/mol. The maximum Gasteiger partial charge on any atom is 0.234 e. The molecule has 1 amide bonds. The highest BCUT2D eigenvalue weighted by Gasteiger charge is 2.13. The van der Waals surface area contributed by atoms with Crippen LogP contribution in [0.15, 0.2) is 54.9 Å². The third-order valence-electron chi connectivity index (χ3n) is 5.89. The van der Waals surface area contributed by atoms with E-state index in [4.69, 9.17) is 0 Å². The van der Waals surface area contributed by atoms with Gasteiger partial charge in [0.1, 0.15) is 0 Å². The molecule has 4 rings (SSSR count). The Kier molecular flexibility index (Phi) is 7.10. The fourth-order valence-electron chi connectivity index (χ4n) is 4.31. The molecule has 1 aliphatic rings. The smallest absolute Gasteiger partial charge is 0.234 e. The van der Waals surface area contributed by atoms with Gasteiger partial charge in [0.25, 0.3) is 0 Å². The molecule has 0 saturated heterocycles. The van der Waals surface area contributed by atoms with Gasteiger partial charge in [-0.2, -0.15) is 12.6 Å². The molecule has 0 saturated carbocycles. The zero-order valence-corrected chi connectivity index (χ0v) is 18.9. The largest absolute Gasteiger partial charge is 0.330 e. The van der Waals surface area contributed by atoms with E-state index in [1.54, 1.807) is 0 Å². The lowest BCUT2D eigenvalue weighted by molar-refractivity contribution is -0.113. The number of hydrogen-bond donors (Lipinski definition) is 2. The van der Waals surface area contributed by atoms with Crippen molar-refractivity contribution >= 4 is 40.8 Å². The summed E-state index contributed by atoms with van der Waals surface area (Å²) in [6.45, 7) is 6.33. The summed E-state index contributed by atoms with van der Waals surface area (Å²) in [5.41, 5.74) is 6.81. The van der Waals surface area contributed by atoms with Crippen molar-refractivity contribution in [2.45, 2.75) is 32.7 Å². The predicted octanol–water partition coefficient (Wildman–Crippen LogP) is 4.78. The molecule has 0 atom stereocenters. The van der Waals surface area contributed by atoms with Crippen molar-refractivity contribution in [1.82, 2.24) is 14.5 Å². The van der Waals surface area contributed by atoms with Crippen LogP contribution in [-0.2, 0) is 11.3 Å². The van der Waals surface area contributed by atoms with E-state index < -0.39 is 0 Å². The fraction of sp³-hybridized carbons (Fsp3) is 0.360. The van der Waals surface area contributed by atoms with Crippen molar-refractivity contribution in [3.05, 3.63) is 66.0 Å². The van der Waals surface area contributed by atoms with E-state index in [1.165, 1.54) is 17.6 Å². The second-order valence-electron chi connectivity index (χ2n) is 8.16. The van der Waals surface area contributed by atoms with Gasteiger partial charge in [0.2, 0.25) is 5.91 Å². The summed E-state index contributed by atoms with van der Waals surface area (Å²) in [4.78, 5) is 18.7. The Balaban J connectivity index is 1.28. The Morgan fingerprint density at radius 3 is 2.71 bits per heavy atom. The molecule has 1 N–H and O–H groups in total. The summed E-state index contributed by atoms with van der Waals surface area (Å²) in [6, 6.07) is 14.7. The van der Waals surface area contributed by atoms with Crippen LogP contribution in [0.4, 0.5) is 5.69 Å². The van der Waals surface area contributed by atoms with Gasteiger partial charge in [0.05, 0.1) is 23.1 Å². The van der Waals surface area contributed by atoms with Crippen molar-refractivity contribution in [2.75, 3.05) is 30.7 Å². The van der Waals surface area contributed by atoms with E-state index in [2.05, 4.69) is 75.7 Å². The molecule has 0 aliphatic carbocycles. The Labute approximate surface area is 189 Å². The van der Waals surface area contributed by atoms with Crippen LogP contribution in [0.25, 0.3) is 16.6 Å². The van der Waals surface area contributed by atoms with Crippen molar-refractivity contribution in [3.63, 3.8) is 0 Å². The molecule has 2 aromatic carbocycles. The number of carbonyl (C=O) groups is 1. The number of hydrogen-bond acceptors (Lipinski definition) is 4. The van der Waals surface area contributed by atoms with Gasteiger partial charge in [-0.1, -0.05) is 36.4 Å². The minimum absolute atomic E-state index is 0.107. The first kappa shape index (κ1) is 21.7. The molecule has 31 heavy (non-hydrogen) atoms. The number of carbonyl (C=O) groups excluding carboxylic acids is 1. The Morgan fingerprint density at radius 2 is 1.97 bits per heavy atom. The van der Waals surface area contributed by atoms with Gasteiger partial charge in [0.15, 0.2) is 0 Å². The molecule has 6 heteroatoms. The number of aryl methyl sites for hydroxylation is 2. The minimum Gasteiger partial charge on any atom is -0.330 e. The molecule has 0 spiro atoms. The summed E-state index contributed by atoms with van der Waals surface area (Å²) in [6.07, 6.45) is 7.72. The van der Waals surface area contributed by atoms with Crippen LogP contribution in [0.1, 0.15) is 30.4 Å². The molecule has 2 heterocycles. The maximum atomic E-state index is 11.6. The quantitative estimate of drug-likeness (QED) is 0.396. The number of anilines is 1. The Hall–Kier alpha value is -2.57. The first-order chi connectivity index (χ1) is 15.1. The molecule has 0 radical (unpaired) electrons. The van der Waals surface area contributed by atoms with Crippen LogP contribution < -0.4 is 5.32 Å². The van der Waals surface area contributed by atoms with Gasteiger partial charge < -0.3 is 9.88 Å². The monoisotopic (exact) mass is 434 g/mol. The molecule has 1 aliphatic heterocycles. The molecule has 3 aromatic rings. The van der Waals surface area contributed by atoms with Crippen LogP contribution in [0.2, 0.25) is 0 Å². The summed E-state index contributed by atoms with van der Waals surface area (Å²) in [5.74, 6) is 0.0660. The summed E-state index contributed by atoms with van der Waals surface area (Å²) in [7, 11) is 0. The number of fused-ring (bicyclic) bond motifs is 1. The zero-order chi connectivity index (χ0) is 21.6. The maximum absolute atomic E-state index is 11.6. The van der Waals surface area contributed by atoms with Crippen LogP contribution in [-0.4, -0.2) is 45.7 Å². The molecular formula is C25H30N4OS. The average Bonchev–Trinajstić information content (AvgIpc) is 3.21. The van der Waals surface area contributed by atoms with E-state index in [0.717, 1.165) is 61.3 Å². The standard InChI is InChI=1S/C25H30N4OS/c1-19-15-22(27-24(30)17-31)16-23-25(19)29(18-26-23)12-6-5-11-28-13-9-21(10-14-28)20-7-3-2-4-8-20/h2-4,7-9,15-16,18,31H,5-6,10-14,17H2,1H3,(H,27,30). The lowest BCUT2D eigenvalue weighted by Gasteiger charge is -2.26. The van der Waals surface area contributed by atoms with Gasteiger partial charge in [-0.3, -0.25) is 9.69 Å². The predicted molar refractivity (Wildman–Crippen MR) is 132 cm³/mol. The average molecular weight is 435 g/mol.